The van der Waals surface area contributed by atoms with Crippen molar-refractivity contribution in [2.75, 3.05) is 31.0 Å². The van der Waals surface area contributed by atoms with Crippen LogP contribution in [0.25, 0.3) is 11.5 Å². The average Bonchev–Trinajstić information content (AvgIpc) is 3.55. The van der Waals surface area contributed by atoms with Gasteiger partial charge >= 0.3 is 6.03 Å². The predicted molar refractivity (Wildman–Crippen MR) is 124 cm³/mol. The summed E-state index contributed by atoms with van der Waals surface area (Å²) in [7, 11) is 1.59. The molecule has 5 rings (SSSR count). The number of carbonyl (C=O) groups is 1. The van der Waals surface area contributed by atoms with Crippen LogP contribution in [0, 0.1) is 0 Å². The van der Waals surface area contributed by atoms with Gasteiger partial charge in [-0.05, 0) is 18.9 Å². The van der Waals surface area contributed by atoms with Crippen molar-refractivity contribution in [1.29, 1.82) is 0 Å². The van der Waals surface area contributed by atoms with E-state index in [0.29, 0.717) is 41.6 Å². The molecule has 0 bridgehead atoms. The number of hydrogen-bond acceptors (Lipinski definition) is 8. The van der Waals surface area contributed by atoms with E-state index in [1.807, 2.05) is 0 Å². The van der Waals surface area contributed by atoms with Crippen molar-refractivity contribution >= 4 is 46.3 Å². The van der Waals surface area contributed by atoms with Crippen molar-refractivity contribution in [3.05, 3.63) is 52.8 Å². The third kappa shape index (κ3) is 4.16. The molecule has 0 aliphatic carbocycles. The fraction of sp³-hybridized carbons (Fsp3) is 0.300. The highest BCUT2D eigenvalue weighted by Crippen LogP contribution is 2.40. The van der Waals surface area contributed by atoms with Gasteiger partial charge in [0.2, 0.25) is 0 Å². The Morgan fingerprint density at radius 3 is 2.74 bits per heavy atom. The molecular weight excluding hydrogens is 485 g/mol. The maximum Gasteiger partial charge on any atom is 0.323 e. The van der Waals surface area contributed by atoms with Crippen LogP contribution in [0.2, 0.25) is 10.2 Å². The molecule has 0 saturated carbocycles. The number of aromatic nitrogens is 7. The first kappa shape index (κ1) is 22.5. The van der Waals surface area contributed by atoms with Gasteiger partial charge in [0.25, 0.3) is 0 Å². The number of pyridine rings is 1. The van der Waals surface area contributed by atoms with Gasteiger partial charge in [-0.15, -0.1) is 4.80 Å². The van der Waals surface area contributed by atoms with Crippen molar-refractivity contribution < 1.29 is 14.3 Å². The van der Waals surface area contributed by atoms with E-state index in [0.717, 1.165) is 6.42 Å². The minimum absolute atomic E-state index is 0.266. The van der Waals surface area contributed by atoms with Gasteiger partial charge < -0.3 is 20.1 Å². The Hall–Kier alpha value is -3.32. The number of urea groups is 1. The van der Waals surface area contributed by atoms with E-state index in [1.165, 1.54) is 23.4 Å². The topological polar surface area (TPSA) is 133 Å². The Labute approximate surface area is 203 Å². The smallest absolute Gasteiger partial charge is 0.323 e. The quantitative estimate of drug-likeness (QED) is 0.409. The number of hydrogen-bond donors (Lipinski definition) is 2. The first-order chi connectivity index (χ1) is 16.5. The Bertz CT molecular complexity index is 1340. The van der Waals surface area contributed by atoms with E-state index in [-0.39, 0.29) is 16.8 Å². The molecule has 14 heteroatoms. The van der Waals surface area contributed by atoms with Crippen LogP contribution in [0.4, 0.5) is 16.2 Å². The number of methoxy groups -OCH3 is 1. The molecule has 4 aromatic heterocycles. The third-order valence-corrected chi connectivity index (χ3v) is 5.76. The van der Waals surface area contributed by atoms with Crippen molar-refractivity contribution in [2.24, 2.45) is 0 Å². The highest BCUT2D eigenvalue weighted by molar-refractivity contribution is 6.32. The summed E-state index contributed by atoms with van der Waals surface area (Å²) < 4.78 is 13.2. The van der Waals surface area contributed by atoms with Gasteiger partial charge in [-0.25, -0.2) is 19.3 Å². The van der Waals surface area contributed by atoms with Gasteiger partial charge in [-0.3, -0.25) is 0 Å². The van der Waals surface area contributed by atoms with E-state index in [2.05, 4.69) is 35.9 Å². The summed E-state index contributed by atoms with van der Waals surface area (Å²) in [6.45, 7) is 0.817. The van der Waals surface area contributed by atoms with Gasteiger partial charge in [-0.2, -0.15) is 15.3 Å². The first-order valence-corrected chi connectivity index (χ1v) is 11.0. The lowest BCUT2D eigenvalue weighted by molar-refractivity contribution is -0.0597. The molecule has 1 aliphatic rings. The number of carbonyl (C=O) groups excluding carboxylic acids is 1. The molecule has 1 unspecified atom stereocenters. The number of anilines is 2. The lowest BCUT2D eigenvalue weighted by atomic mass is 9.95. The number of ether oxygens (including phenoxy) is 2. The molecule has 12 nitrogen and oxygen atoms in total. The van der Waals surface area contributed by atoms with Crippen LogP contribution >= 0.6 is 23.2 Å². The second-order valence-corrected chi connectivity index (χ2v) is 8.36. The highest BCUT2D eigenvalue weighted by Gasteiger charge is 2.42. The second kappa shape index (κ2) is 9.14. The van der Waals surface area contributed by atoms with E-state index in [4.69, 9.17) is 32.7 Å². The first-order valence-electron chi connectivity index (χ1n) is 10.3. The molecule has 1 aliphatic heterocycles. The molecule has 2 N–H and O–H groups in total. The van der Waals surface area contributed by atoms with E-state index < -0.39 is 11.6 Å². The van der Waals surface area contributed by atoms with E-state index >= 15 is 0 Å². The fourth-order valence-corrected chi connectivity index (χ4v) is 4.41. The SMILES string of the molecule is COCC1(c2c(NC(=O)Nc3cnc(-n4nccn4)c(Cl)c3)cnc3cc(Cl)nn23)CCCO1. The van der Waals surface area contributed by atoms with Crippen LogP contribution in [0.15, 0.2) is 36.9 Å². The van der Waals surface area contributed by atoms with Gasteiger partial charge in [-0.1, -0.05) is 23.2 Å². The number of nitrogens with one attached hydrogen (secondary N) is 2. The zero-order valence-corrected chi connectivity index (χ0v) is 19.4. The van der Waals surface area contributed by atoms with Crippen molar-refractivity contribution in [3.8, 4) is 5.82 Å². The maximum absolute atomic E-state index is 12.9. The van der Waals surface area contributed by atoms with E-state index in [1.54, 1.807) is 30.0 Å². The molecule has 176 valence electrons. The summed E-state index contributed by atoms with van der Waals surface area (Å²) in [5, 5.41) is 18.4. The fourth-order valence-electron chi connectivity index (χ4n) is 3.99. The number of rotatable bonds is 6. The summed E-state index contributed by atoms with van der Waals surface area (Å²) in [4.78, 5) is 22.8. The zero-order valence-electron chi connectivity index (χ0n) is 17.9. The molecule has 4 aromatic rings. The second-order valence-electron chi connectivity index (χ2n) is 7.56. The molecular formula is C20H19Cl2N9O3. The molecule has 0 spiro atoms. The molecule has 1 saturated heterocycles. The van der Waals surface area contributed by atoms with Gasteiger partial charge in [0.15, 0.2) is 16.6 Å². The lowest BCUT2D eigenvalue weighted by Gasteiger charge is -2.30. The van der Waals surface area contributed by atoms with Crippen molar-refractivity contribution in [3.63, 3.8) is 0 Å². The van der Waals surface area contributed by atoms with Gasteiger partial charge in [0, 0.05) is 19.8 Å². The standard InChI is InChI=1S/C20H19Cl2N9O3/c1-33-11-20(3-2-6-34-20)17-14(10-23-16-8-15(22)29-30(16)17)28-19(32)27-12-7-13(21)18(24-9-12)31-25-4-5-26-31/h4-5,7-10H,2-3,6,11H2,1H3,(H2,27,28,32). The van der Waals surface area contributed by atoms with Crippen LogP contribution in [0.1, 0.15) is 18.5 Å². The summed E-state index contributed by atoms with van der Waals surface area (Å²) in [5.74, 6) is 0.338. The maximum atomic E-state index is 12.9. The third-order valence-electron chi connectivity index (χ3n) is 5.30. The predicted octanol–water partition coefficient (Wildman–Crippen LogP) is 3.31. The largest absolute Gasteiger partial charge is 0.381 e. The number of amides is 2. The Morgan fingerprint density at radius 1 is 1.21 bits per heavy atom. The summed E-state index contributed by atoms with van der Waals surface area (Å²) in [5.41, 5.74) is 1.07. The highest BCUT2D eigenvalue weighted by atomic mass is 35.5. The molecule has 2 amide bonds. The van der Waals surface area contributed by atoms with Gasteiger partial charge in [0.1, 0.15) is 11.3 Å². The normalized spacial score (nSPS) is 17.9. The van der Waals surface area contributed by atoms with Crippen LogP contribution < -0.4 is 10.6 Å². The molecule has 0 radical (unpaired) electrons. The van der Waals surface area contributed by atoms with Crippen LogP contribution in [-0.4, -0.2) is 60.9 Å². The summed E-state index contributed by atoms with van der Waals surface area (Å²) in [6, 6.07) is 2.65. The number of nitrogens with zero attached hydrogens (tertiary/aromatic N) is 7. The van der Waals surface area contributed by atoms with Gasteiger partial charge in [0.05, 0.1) is 47.8 Å². The Kier molecular flexibility index (Phi) is 6.04. The van der Waals surface area contributed by atoms with Crippen LogP contribution in [-0.2, 0) is 15.1 Å². The monoisotopic (exact) mass is 503 g/mol. The molecule has 34 heavy (non-hydrogen) atoms. The van der Waals surface area contributed by atoms with Crippen LogP contribution in [0.5, 0.6) is 0 Å². The number of halogens is 2. The Morgan fingerprint density at radius 2 is 2.03 bits per heavy atom. The summed E-state index contributed by atoms with van der Waals surface area (Å²) in [6.07, 6.45) is 7.52. The minimum atomic E-state index is -0.822. The minimum Gasteiger partial charge on any atom is -0.381 e. The molecule has 0 aromatic carbocycles. The lowest BCUT2D eigenvalue weighted by Crippen LogP contribution is -2.35. The van der Waals surface area contributed by atoms with Crippen molar-refractivity contribution in [1.82, 2.24) is 34.6 Å². The molecule has 5 heterocycles. The van der Waals surface area contributed by atoms with Crippen molar-refractivity contribution in [2.45, 2.75) is 18.4 Å². The zero-order chi connectivity index (χ0) is 23.7. The average molecular weight is 504 g/mol. The number of fused-ring (bicyclic) bond motifs is 1. The van der Waals surface area contributed by atoms with Crippen LogP contribution in [0.3, 0.4) is 0 Å². The summed E-state index contributed by atoms with van der Waals surface area (Å²) >= 11 is 12.4. The molecule has 1 fully saturated rings. The molecule has 1 atom stereocenters. The Balaban J connectivity index is 1.45. The van der Waals surface area contributed by atoms with E-state index in [9.17, 15) is 4.79 Å².